The molecule has 140 valence electrons. The summed E-state index contributed by atoms with van der Waals surface area (Å²) in [5.74, 6) is 0.958. The summed E-state index contributed by atoms with van der Waals surface area (Å²) in [6.45, 7) is 7.15. The number of hydrogen-bond donors (Lipinski definition) is 1. The second kappa shape index (κ2) is 8.71. The fourth-order valence-electron chi connectivity index (χ4n) is 3.48. The molecule has 0 radical (unpaired) electrons. The molecule has 1 fully saturated rings. The monoisotopic (exact) mass is 372 g/mol. The van der Waals surface area contributed by atoms with Crippen LogP contribution in [0.5, 0.6) is 0 Å². The van der Waals surface area contributed by atoms with Crippen molar-refractivity contribution in [1.82, 2.24) is 20.1 Å². The fourth-order valence-corrected chi connectivity index (χ4v) is 4.28. The van der Waals surface area contributed by atoms with Crippen molar-refractivity contribution in [2.45, 2.75) is 69.3 Å². The molecule has 1 amide bonds. The van der Waals surface area contributed by atoms with Crippen molar-refractivity contribution in [2.24, 2.45) is 0 Å². The number of hydrogen-bond acceptors (Lipinski definition) is 4. The number of likely N-dealkylation sites (tertiary alicyclic amines) is 1. The summed E-state index contributed by atoms with van der Waals surface area (Å²) in [5, 5.41) is 7.75. The van der Waals surface area contributed by atoms with Crippen molar-refractivity contribution < 1.29 is 4.79 Å². The number of aromatic amines is 1. The molecule has 6 heteroatoms. The average molecular weight is 373 g/mol. The number of aromatic nitrogens is 3. The van der Waals surface area contributed by atoms with E-state index in [1.165, 1.54) is 23.7 Å². The number of rotatable bonds is 6. The normalized spacial score (nSPS) is 18.7. The van der Waals surface area contributed by atoms with E-state index < -0.39 is 0 Å². The van der Waals surface area contributed by atoms with Crippen molar-refractivity contribution in [3.05, 3.63) is 29.8 Å². The number of aryl methyl sites for hydroxylation is 1. The van der Waals surface area contributed by atoms with Gasteiger partial charge in [0, 0.05) is 18.2 Å². The largest absolute Gasteiger partial charge is 0.339 e. The lowest BCUT2D eigenvalue weighted by Crippen LogP contribution is -2.46. The molecule has 26 heavy (non-hydrogen) atoms. The van der Waals surface area contributed by atoms with Gasteiger partial charge in [-0.05, 0) is 44.6 Å². The summed E-state index contributed by atoms with van der Waals surface area (Å²) in [4.78, 5) is 19.5. The van der Waals surface area contributed by atoms with Gasteiger partial charge in [-0.2, -0.15) is 0 Å². The number of carbonyl (C=O) groups excluding carboxylic acids is 1. The number of benzene rings is 1. The third kappa shape index (κ3) is 4.29. The van der Waals surface area contributed by atoms with Gasteiger partial charge in [-0.15, -0.1) is 5.10 Å². The summed E-state index contributed by atoms with van der Waals surface area (Å²) in [7, 11) is 0. The van der Waals surface area contributed by atoms with Crippen LogP contribution in [0.3, 0.4) is 0 Å². The second-order valence-electron chi connectivity index (χ2n) is 6.87. The van der Waals surface area contributed by atoms with Gasteiger partial charge in [0.1, 0.15) is 0 Å². The maximum atomic E-state index is 12.9. The number of carbonyl (C=O) groups is 1. The lowest BCUT2D eigenvalue weighted by molar-refractivity contribution is -0.134. The average Bonchev–Trinajstić information content (AvgIpc) is 3.15. The van der Waals surface area contributed by atoms with Gasteiger partial charge >= 0.3 is 0 Å². The van der Waals surface area contributed by atoms with Crippen LogP contribution in [0.15, 0.2) is 29.4 Å². The van der Waals surface area contributed by atoms with Crippen molar-refractivity contribution in [3.8, 4) is 11.4 Å². The van der Waals surface area contributed by atoms with E-state index in [9.17, 15) is 4.79 Å². The van der Waals surface area contributed by atoms with E-state index in [1.807, 2.05) is 6.92 Å². The lowest BCUT2D eigenvalue weighted by atomic mass is 10.00. The summed E-state index contributed by atoms with van der Waals surface area (Å²) >= 11 is 1.44. The summed E-state index contributed by atoms with van der Waals surface area (Å²) < 4.78 is 0. The highest BCUT2D eigenvalue weighted by molar-refractivity contribution is 8.00. The molecule has 1 N–H and O–H groups in total. The van der Waals surface area contributed by atoms with Crippen LogP contribution in [-0.4, -0.2) is 43.8 Å². The molecule has 0 saturated carbocycles. The Hall–Kier alpha value is -1.82. The van der Waals surface area contributed by atoms with Gasteiger partial charge < -0.3 is 4.90 Å². The Bertz CT molecular complexity index is 728. The van der Waals surface area contributed by atoms with E-state index in [0.717, 1.165) is 43.6 Å². The first-order valence-corrected chi connectivity index (χ1v) is 10.5. The Morgan fingerprint density at radius 2 is 2.08 bits per heavy atom. The number of piperidine rings is 1. The molecular formula is C20H28N4OS. The number of nitrogens with one attached hydrogen (secondary N) is 1. The van der Waals surface area contributed by atoms with Crippen LogP contribution in [0.1, 0.15) is 52.0 Å². The Morgan fingerprint density at radius 1 is 1.31 bits per heavy atom. The predicted molar refractivity (Wildman–Crippen MR) is 106 cm³/mol. The molecule has 0 bridgehead atoms. The van der Waals surface area contributed by atoms with Crippen LogP contribution in [0.4, 0.5) is 0 Å². The van der Waals surface area contributed by atoms with Crippen LogP contribution in [0.25, 0.3) is 11.4 Å². The van der Waals surface area contributed by atoms with Crippen molar-refractivity contribution in [1.29, 1.82) is 0 Å². The third-order valence-electron chi connectivity index (χ3n) is 5.11. The molecule has 2 atom stereocenters. The number of H-pyrrole nitrogens is 1. The van der Waals surface area contributed by atoms with Gasteiger partial charge in [-0.1, -0.05) is 49.9 Å². The maximum Gasteiger partial charge on any atom is 0.236 e. The molecule has 5 nitrogen and oxygen atoms in total. The zero-order valence-corrected chi connectivity index (χ0v) is 16.7. The minimum Gasteiger partial charge on any atom is -0.339 e. The standard InChI is InChI=1S/C20H28N4OS/c1-4-15-9-11-16(12-10-15)18-21-20(23-22-18)26-14(3)19(25)24-13-7-6-8-17(24)5-2/h9-12,14,17H,4-8,13H2,1-3H3,(H,21,22,23). The smallest absolute Gasteiger partial charge is 0.236 e. The summed E-state index contributed by atoms with van der Waals surface area (Å²) in [6.07, 6.45) is 5.51. The van der Waals surface area contributed by atoms with Gasteiger partial charge in [-0.3, -0.25) is 9.89 Å². The van der Waals surface area contributed by atoms with Gasteiger partial charge in [0.05, 0.1) is 5.25 Å². The molecule has 0 spiro atoms. The van der Waals surface area contributed by atoms with E-state index in [4.69, 9.17) is 0 Å². The SMILES string of the molecule is CCc1ccc(-c2nc(SC(C)C(=O)N3CCCCC3CC)n[nH]2)cc1. The second-order valence-corrected chi connectivity index (χ2v) is 8.17. The van der Waals surface area contributed by atoms with Crippen molar-refractivity contribution in [2.75, 3.05) is 6.54 Å². The maximum absolute atomic E-state index is 12.9. The molecule has 1 aromatic heterocycles. The highest BCUT2D eigenvalue weighted by atomic mass is 32.2. The molecule has 1 saturated heterocycles. The molecule has 2 heterocycles. The fraction of sp³-hybridized carbons (Fsp3) is 0.550. The quantitative estimate of drug-likeness (QED) is 0.768. The number of amides is 1. The van der Waals surface area contributed by atoms with Crippen LogP contribution in [0.2, 0.25) is 0 Å². The van der Waals surface area contributed by atoms with Crippen LogP contribution in [-0.2, 0) is 11.2 Å². The molecule has 1 aromatic carbocycles. The molecular weight excluding hydrogens is 344 g/mol. The Labute approximate surface area is 160 Å². The highest BCUT2D eigenvalue weighted by Gasteiger charge is 2.29. The Kier molecular flexibility index (Phi) is 6.35. The zero-order chi connectivity index (χ0) is 18.5. The van der Waals surface area contributed by atoms with E-state index in [-0.39, 0.29) is 11.2 Å². The molecule has 1 aliphatic rings. The van der Waals surface area contributed by atoms with E-state index in [2.05, 4.69) is 58.2 Å². The molecule has 2 aromatic rings. The van der Waals surface area contributed by atoms with Gasteiger partial charge in [-0.25, -0.2) is 4.98 Å². The highest BCUT2D eigenvalue weighted by Crippen LogP contribution is 2.27. The van der Waals surface area contributed by atoms with Gasteiger partial charge in [0.2, 0.25) is 11.1 Å². The minimum absolute atomic E-state index is 0.173. The Morgan fingerprint density at radius 3 is 2.77 bits per heavy atom. The van der Waals surface area contributed by atoms with Gasteiger partial charge in [0.25, 0.3) is 0 Å². The minimum atomic E-state index is -0.173. The molecule has 2 unspecified atom stereocenters. The molecule has 1 aliphatic heterocycles. The molecule has 0 aliphatic carbocycles. The molecule has 3 rings (SSSR count). The third-order valence-corrected chi connectivity index (χ3v) is 6.06. The van der Waals surface area contributed by atoms with Crippen LogP contribution >= 0.6 is 11.8 Å². The van der Waals surface area contributed by atoms with Crippen molar-refractivity contribution >= 4 is 17.7 Å². The lowest BCUT2D eigenvalue weighted by Gasteiger charge is -2.36. The predicted octanol–water partition coefficient (Wildman–Crippen LogP) is 4.31. The summed E-state index contributed by atoms with van der Waals surface area (Å²) in [6, 6.07) is 8.72. The van der Waals surface area contributed by atoms with Gasteiger partial charge in [0.15, 0.2) is 5.82 Å². The van der Waals surface area contributed by atoms with E-state index >= 15 is 0 Å². The first kappa shape index (κ1) is 19.0. The topological polar surface area (TPSA) is 61.9 Å². The first-order chi connectivity index (χ1) is 12.6. The Balaban J connectivity index is 1.65. The zero-order valence-electron chi connectivity index (χ0n) is 15.9. The van der Waals surface area contributed by atoms with Crippen molar-refractivity contribution in [3.63, 3.8) is 0 Å². The van der Waals surface area contributed by atoms with E-state index in [0.29, 0.717) is 11.2 Å². The first-order valence-electron chi connectivity index (χ1n) is 9.61. The van der Waals surface area contributed by atoms with E-state index in [1.54, 1.807) is 0 Å². The number of nitrogens with zero attached hydrogens (tertiary/aromatic N) is 3. The number of thioether (sulfide) groups is 1. The van der Waals surface area contributed by atoms with Crippen LogP contribution < -0.4 is 0 Å². The summed E-state index contributed by atoms with van der Waals surface area (Å²) in [5.41, 5.74) is 2.32. The van der Waals surface area contributed by atoms with Crippen LogP contribution in [0, 0.1) is 0 Å².